The van der Waals surface area contributed by atoms with Crippen LogP contribution in [-0.4, -0.2) is 16.8 Å². The lowest BCUT2D eigenvalue weighted by molar-refractivity contribution is 0.496. The van der Waals surface area contributed by atoms with E-state index in [1.807, 2.05) is 36.1 Å². The van der Waals surface area contributed by atoms with E-state index in [1.165, 1.54) is 17.8 Å². The fraction of sp³-hybridized carbons (Fsp3) is 0.400. The molecule has 0 aliphatic carbocycles. The molecular weight excluding hydrogens is 241 g/mol. The van der Waals surface area contributed by atoms with Gasteiger partial charge in [-0.15, -0.1) is 0 Å². The highest BCUT2D eigenvalue weighted by Crippen LogP contribution is 2.18. The van der Waals surface area contributed by atoms with Gasteiger partial charge in [-0.25, -0.2) is 4.39 Å². The Morgan fingerprint density at radius 3 is 2.63 bits per heavy atom. The van der Waals surface area contributed by atoms with Crippen LogP contribution < -0.4 is 5.32 Å². The van der Waals surface area contributed by atoms with E-state index in [1.54, 1.807) is 0 Å². The van der Waals surface area contributed by atoms with Gasteiger partial charge >= 0.3 is 0 Å². The number of hydrogen-bond acceptors (Lipinski definition) is 2. The van der Waals surface area contributed by atoms with Gasteiger partial charge in [0.1, 0.15) is 5.82 Å². The first kappa shape index (κ1) is 13.7. The summed E-state index contributed by atoms with van der Waals surface area (Å²) in [6.07, 6.45) is 3.72. The van der Waals surface area contributed by atoms with Gasteiger partial charge in [-0.2, -0.15) is 5.10 Å². The first-order chi connectivity index (χ1) is 9.24. The molecule has 1 unspecified atom stereocenters. The highest BCUT2D eigenvalue weighted by Gasteiger charge is 2.14. The second-order valence-corrected chi connectivity index (χ2v) is 4.65. The van der Waals surface area contributed by atoms with Crippen LogP contribution in [0.3, 0.4) is 0 Å². The minimum atomic E-state index is -0.194. The molecule has 0 aliphatic rings. The number of nitrogens with one attached hydrogen (secondary N) is 1. The predicted octanol–water partition coefficient (Wildman–Crippen LogP) is 2.94. The average Bonchev–Trinajstić information content (AvgIpc) is 2.87. The fourth-order valence-electron chi connectivity index (χ4n) is 2.25. The summed E-state index contributed by atoms with van der Waals surface area (Å²) < 4.78 is 14.9. The first-order valence-electron chi connectivity index (χ1n) is 6.68. The summed E-state index contributed by atoms with van der Waals surface area (Å²) in [6.45, 7) is 3.06. The molecule has 0 spiro atoms. The Bertz CT molecular complexity index is 504. The Kier molecular flexibility index (Phi) is 4.68. The van der Waals surface area contributed by atoms with Gasteiger partial charge in [-0.05, 0) is 43.7 Å². The van der Waals surface area contributed by atoms with Crippen LogP contribution in [0.15, 0.2) is 36.5 Å². The molecule has 0 amide bonds. The second kappa shape index (κ2) is 6.48. The van der Waals surface area contributed by atoms with E-state index in [2.05, 4.69) is 17.3 Å². The Balaban J connectivity index is 2.15. The van der Waals surface area contributed by atoms with Crippen LogP contribution >= 0.6 is 0 Å². The molecule has 19 heavy (non-hydrogen) atoms. The molecule has 4 heteroatoms. The standard InChI is InChI=1S/C15H20FN3/c1-3-10-19-15(8-9-18-19)14(17-2)11-12-4-6-13(16)7-5-12/h4-9,14,17H,3,10-11H2,1-2H3. The van der Waals surface area contributed by atoms with Crippen LogP contribution in [0.2, 0.25) is 0 Å². The van der Waals surface area contributed by atoms with Crippen LogP contribution in [0, 0.1) is 5.82 Å². The number of hydrogen-bond donors (Lipinski definition) is 1. The van der Waals surface area contributed by atoms with Crippen molar-refractivity contribution < 1.29 is 4.39 Å². The summed E-state index contributed by atoms with van der Waals surface area (Å²) >= 11 is 0. The highest BCUT2D eigenvalue weighted by atomic mass is 19.1. The van der Waals surface area contributed by atoms with Crippen molar-refractivity contribution in [2.45, 2.75) is 32.4 Å². The molecular formula is C15H20FN3. The van der Waals surface area contributed by atoms with Crippen molar-refractivity contribution >= 4 is 0 Å². The third kappa shape index (κ3) is 3.41. The van der Waals surface area contributed by atoms with Crippen LogP contribution in [0.1, 0.15) is 30.6 Å². The molecule has 1 atom stereocenters. The number of aromatic nitrogens is 2. The van der Waals surface area contributed by atoms with Gasteiger partial charge in [0.15, 0.2) is 0 Å². The van der Waals surface area contributed by atoms with Crippen molar-refractivity contribution in [2.24, 2.45) is 0 Å². The van der Waals surface area contributed by atoms with E-state index >= 15 is 0 Å². The summed E-state index contributed by atoms with van der Waals surface area (Å²) in [6, 6.07) is 8.91. The molecule has 0 radical (unpaired) electrons. The quantitative estimate of drug-likeness (QED) is 0.866. The van der Waals surface area contributed by atoms with Crippen LogP contribution in [0.25, 0.3) is 0 Å². The summed E-state index contributed by atoms with van der Waals surface area (Å²) in [4.78, 5) is 0. The van der Waals surface area contributed by atoms with Crippen LogP contribution in [0.4, 0.5) is 4.39 Å². The van der Waals surface area contributed by atoms with Crippen molar-refractivity contribution in [1.29, 1.82) is 0 Å². The molecule has 0 bridgehead atoms. The summed E-state index contributed by atoms with van der Waals surface area (Å²) in [5.41, 5.74) is 2.29. The molecule has 0 aliphatic heterocycles. The first-order valence-corrected chi connectivity index (χ1v) is 6.68. The Morgan fingerprint density at radius 2 is 2.00 bits per heavy atom. The molecule has 0 saturated carbocycles. The van der Waals surface area contributed by atoms with Crippen LogP contribution in [0.5, 0.6) is 0 Å². The van der Waals surface area contributed by atoms with Gasteiger partial charge in [0.05, 0.1) is 11.7 Å². The fourth-order valence-corrected chi connectivity index (χ4v) is 2.25. The van der Waals surface area contributed by atoms with E-state index in [9.17, 15) is 4.39 Å². The summed E-state index contributed by atoms with van der Waals surface area (Å²) in [5.74, 6) is -0.194. The maximum absolute atomic E-state index is 12.9. The zero-order valence-corrected chi connectivity index (χ0v) is 11.4. The molecule has 0 fully saturated rings. The van der Waals surface area contributed by atoms with E-state index in [4.69, 9.17) is 0 Å². The average molecular weight is 261 g/mol. The molecule has 1 N–H and O–H groups in total. The summed E-state index contributed by atoms with van der Waals surface area (Å²) in [7, 11) is 1.94. The van der Waals surface area contributed by atoms with Crippen molar-refractivity contribution in [3.05, 3.63) is 53.6 Å². The predicted molar refractivity (Wildman–Crippen MR) is 74.4 cm³/mol. The molecule has 1 heterocycles. The lowest BCUT2D eigenvalue weighted by Gasteiger charge is -2.18. The summed E-state index contributed by atoms with van der Waals surface area (Å²) in [5, 5.41) is 7.66. The topological polar surface area (TPSA) is 29.9 Å². The second-order valence-electron chi connectivity index (χ2n) is 4.65. The molecule has 1 aromatic carbocycles. The molecule has 3 nitrogen and oxygen atoms in total. The number of benzene rings is 1. The molecule has 2 aromatic rings. The zero-order chi connectivity index (χ0) is 13.7. The molecule has 102 valence electrons. The van der Waals surface area contributed by atoms with Crippen molar-refractivity contribution in [3.8, 4) is 0 Å². The van der Waals surface area contributed by atoms with Crippen molar-refractivity contribution in [3.63, 3.8) is 0 Å². The van der Waals surface area contributed by atoms with Crippen molar-refractivity contribution in [2.75, 3.05) is 7.05 Å². The minimum absolute atomic E-state index is 0.194. The normalized spacial score (nSPS) is 12.6. The van der Waals surface area contributed by atoms with E-state index < -0.39 is 0 Å². The molecule has 2 rings (SSSR count). The third-order valence-electron chi connectivity index (χ3n) is 3.24. The lowest BCUT2D eigenvalue weighted by atomic mass is 10.0. The van der Waals surface area contributed by atoms with Gasteiger partial charge in [0.2, 0.25) is 0 Å². The van der Waals surface area contributed by atoms with E-state index in [-0.39, 0.29) is 11.9 Å². The molecule has 1 aromatic heterocycles. The largest absolute Gasteiger partial charge is 0.311 e. The zero-order valence-electron chi connectivity index (χ0n) is 11.4. The minimum Gasteiger partial charge on any atom is -0.311 e. The smallest absolute Gasteiger partial charge is 0.123 e. The van der Waals surface area contributed by atoms with Gasteiger partial charge in [-0.3, -0.25) is 4.68 Å². The van der Waals surface area contributed by atoms with Gasteiger partial charge in [0.25, 0.3) is 0 Å². The Morgan fingerprint density at radius 1 is 1.26 bits per heavy atom. The number of aryl methyl sites for hydroxylation is 1. The SMILES string of the molecule is CCCn1nccc1C(Cc1ccc(F)cc1)NC. The maximum atomic E-state index is 12.9. The Hall–Kier alpha value is -1.68. The lowest BCUT2D eigenvalue weighted by Crippen LogP contribution is -2.22. The highest BCUT2D eigenvalue weighted by molar-refractivity contribution is 5.20. The number of likely N-dealkylation sites (N-methyl/N-ethyl adjacent to an activating group) is 1. The number of nitrogens with zero attached hydrogens (tertiary/aromatic N) is 2. The maximum Gasteiger partial charge on any atom is 0.123 e. The van der Waals surface area contributed by atoms with E-state index in [0.717, 1.165) is 24.9 Å². The Labute approximate surface area is 113 Å². The van der Waals surface area contributed by atoms with Gasteiger partial charge in [-0.1, -0.05) is 19.1 Å². The van der Waals surface area contributed by atoms with Gasteiger partial charge in [0, 0.05) is 12.7 Å². The molecule has 0 saturated heterocycles. The number of rotatable bonds is 6. The monoisotopic (exact) mass is 261 g/mol. The van der Waals surface area contributed by atoms with Crippen LogP contribution in [-0.2, 0) is 13.0 Å². The number of halogens is 1. The van der Waals surface area contributed by atoms with Gasteiger partial charge < -0.3 is 5.32 Å². The van der Waals surface area contributed by atoms with E-state index in [0.29, 0.717) is 0 Å². The third-order valence-corrected chi connectivity index (χ3v) is 3.24. The van der Waals surface area contributed by atoms with Crippen molar-refractivity contribution in [1.82, 2.24) is 15.1 Å².